The van der Waals surface area contributed by atoms with Crippen molar-refractivity contribution in [1.29, 1.82) is 0 Å². The van der Waals surface area contributed by atoms with E-state index in [0.29, 0.717) is 5.92 Å². The first-order valence-corrected chi connectivity index (χ1v) is 5.99. The van der Waals surface area contributed by atoms with Crippen molar-refractivity contribution in [2.75, 3.05) is 12.8 Å². The number of benzene rings is 1. The molecule has 0 radical (unpaired) electrons. The monoisotopic (exact) mass is 225 g/mol. The molecule has 0 bridgehead atoms. The van der Waals surface area contributed by atoms with E-state index >= 15 is 0 Å². The highest BCUT2D eigenvalue weighted by atomic mass is 32.2. The van der Waals surface area contributed by atoms with Crippen LogP contribution in [0.15, 0.2) is 23.1 Å². The van der Waals surface area contributed by atoms with Gasteiger partial charge in [0.05, 0.1) is 7.11 Å². The Morgan fingerprint density at radius 1 is 1.47 bits per heavy atom. The van der Waals surface area contributed by atoms with Crippen molar-refractivity contribution >= 4 is 11.8 Å². The van der Waals surface area contributed by atoms with Gasteiger partial charge >= 0.3 is 0 Å². The maximum absolute atomic E-state index is 7.65. The molecule has 0 atom stereocenters. The van der Waals surface area contributed by atoms with Crippen molar-refractivity contribution in [3.8, 4) is 5.75 Å². The Morgan fingerprint density at radius 3 is 2.73 bits per heavy atom. The number of hydrogen-bond donors (Lipinski definition) is 0. The lowest BCUT2D eigenvalue weighted by Gasteiger charge is -2.12. The highest BCUT2D eigenvalue weighted by molar-refractivity contribution is 7.99. The summed E-state index contributed by atoms with van der Waals surface area (Å²) >= 11 is 1.27. The van der Waals surface area contributed by atoms with Gasteiger partial charge in [-0.05, 0) is 41.8 Å². The molecule has 0 aliphatic rings. The molecule has 84 valence electrons. The first-order valence-electron chi connectivity index (χ1n) is 6.18. The fourth-order valence-electron chi connectivity index (χ4n) is 1.49. The largest absolute Gasteiger partial charge is 0.497 e. The number of thioether (sulfide) groups is 1. The second-order valence-corrected chi connectivity index (χ2v) is 4.93. The van der Waals surface area contributed by atoms with Crippen molar-refractivity contribution in [3.63, 3.8) is 0 Å². The van der Waals surface area contributed by atoms with Crippen LogP contribution in [-0.4, -0.2) is 12.8 Å². The van der Waals surface area contributed by atoms with Crippen molar-refractivity contribution < 1.29 is 7.48 Å². The summed E-state index contributed by atoms with van der Waals surface area (Å²) in [5.41, 5.74) is -0.0876. The Kier molecular flexibility index (Phi) is 3.87. The van der Waals surface area contributed by atoms with Gasteiger partial charge in [0.25, 0.3) is 0 Å². The molecule has 0 unspecified atom stereocenters. The average Bonchev–Trinajstić information content (AvgIpc) is 2.17. The second kappa shape index (κ2) is 6.06. The SMILES string of the molecule is [1H][13C]([1H])(C)Sc1ccc(OC)cc1CC(C)C. The smallest absolute Gasteiger partial charge is 0.119 e. The van der Waals surface area contributed by atoms with Crippen LogP contribution >= 0.6 is 11.8 Å². The van der Waals surface area contributed by atoms with Gasteiger partial charge in [-0.25, -0.2) is 0 Å². The quantitative estimate of drug-likeness (QED) is 0.553. The first kappa shape index (κ1) is 9.59. The zero-order chi connectivity index (χ0) is 13.1. The number of methoxy groups -OCH3 is 1. The van der Waals surface area contributed by atoms with E-state index in [9.17, 15) is 0 Å². The van der Waals surface area contributed by atoms with Crippen LogP contribution in [0.25, 0.3) is 0 Å². The minimum Gasteiger partial charge on any atom is -0.497 e. The minimum absolute atomic E-state index is 0.546. The minimum atomic E-state index is -1.25. The molecule has 0 aromatic heterocycles. The van der Waals surface area contributed by atoms with Crippen LogP contribution < -0.4 is 4.74 Å². The molecule has 0 amide bonds. The lowest BCUT2D eigenvalue weighted by Crippen LogP contribution is -1.97. The Morgan fingerprint density at radius 2 is 2.20 bits per heavy atom. The molecule has 1 aromatic carbocycles. The first-order chi connectivity index (χ1) is 7.81. The third kappa shape index (κ3) is 3.78. The highest BCUT2D eigenvalue weighted by Gasteiger charge is 2.06. The van der Waals surface area contributed by atoms with Crippen LogP contribution in [0.5, 0.6) is 5.75 Å². The topological polar surface area (TPSA) is 9.23 Å². The van der Waals surface area contributed by atoms with Gasteiger partial charge in [-0.1, -0.05) is 20.8 Å². The molecular weight excluding hydrogens is 205 g/mol. The summed E-state index contributed by atoms with van der Waals surface area (Å²) in [5, 5.41) is 0. The molecular formula is C13H20OS. The second-order valence-electron chi connectivity index (χ2n) is 3.88. The van der Waals surface area contributed by atoms with Gasteiger partial charge in [-0.3, -0.25) is 0 Å². The van der Waals surface area contributed by atoms with Crippen LogP contribution in [0.2, 0.25) is 0 Å². The van der Waals surface area contributed by atoms with E-state index < -0.39 is 5.70 Å². The summed E-state index contributed by atoms with van der Waals surface area (Å²) in [6.07, 6.45) is 0.940. The van der Waals surface area contributed by atoms with Crippen LogP contribution in [0.1, 0.15) is 29.1 Å². The summed E-state index contributed by atoms with van der Waals surface area (Å²) in [7, 11) is 1.65. The van der Waals surface area contributed by atoms with E-state index in [1.165, 1.54) is 11.8 Å². The van der Waals surface area contributed by atoms with Gasteiger partial charge in [0, 0.05) is 7.64 Å². The number of ether oxygens (including phenoxy) is 1. The molecule has 15 heavy (non-hydrogen) atoms. The van der Waals surface area contributed by atoms with E-state index in [1.54, 1.807) is 14.0 Å². The molecule has 2 heteroatoms. The van der Waals surface area contributed by atoms with Crippen LogP contribution in [0.4, 0.5) is 0 Å². The molecule has 0 N–H and O–H groups in total. The Bertz CT molecular complexity index is 372. The van der Waals surface area contributed by atoms with Crippen molar-refractivity contribution in [1.82, 2.24) is 0 Å². The van der Waals surface area contributed by atoms with Gasteiger partial charge in [0.15, 0.2) is 0 Å². The zero-order valence-corrected chi connectivity index (χ0v) is 10.6. The Hall–Kier alpha value is -0.630. The summed E-state index contributed by atoms with van der Waals surface area (Å²) in [6.45, 7) is 5.91. The van der Waals surface area contributed by atoms with Crippen LogP contribution in [0, 0.1) is 5.92 Å². The predicted molar refractivity (Wildman–Crippen MR) is 67.9 cm³/mol. The maximum atomic E-state index is 7.65. The third-order valence-corrected chi connectivity index (χ3v) is 2.93. The third-order valence-electron chi connectivity index (χ3n) is 2.11. The van der Waals surface area contributed by atoms with E-state index in [-0.39, 0.29) is 0 Å². The standard InChI is InChI=1S/C13H20OS/c1-5-15-13-7-6-12(14-4)9-11(13)8-10(2)3/h6-7,9-10H,5,8H2,1-4H3/i5+1H2. The van der Waals surface area contributed by atoms with Crippen LogP contribution in [0.3, 0.4) is 0 Å². The van der Waals surface area contributed by atoms with E-state index in [2.05, 4.69) is 13.8 Å². The van der Waals surface area contributed by atoms with Gasteiger partial charge in [-0.2, -0.15) is 0 Å². The van der Waals surface area contributed by atoms with Gasteiger partial charge in [0.1, 0.15) is 5.75 Å². The lowest BCUT2D eigenvalue weighted by atomic mass is 10.0. The molecule has 1 aromatic rings. The summed E-state index contributed by atoms with van der Waals surface area (Å²) in [4.78, 5) is 1.01. The van der Waals surface area contributed by atoms with E-state index in [1.807, 2.05) is 18.2 Å². The molecule has 0 spiro atoms. The molecule has 0 aliphatic carbocycles. The molecule has 0 saturated heterocycles. The molecule has 0 fully saturated rings. The number of rotatable bonds is 5. The van der Waals surface area contributed by atoms with E-state index in [0.717, 1.165) is 22.6 Å². The fourth-order valence-corrected chi connectivity index (χ4v) is 2.12. The summed E-state index contributed by atoms with van der Waals surface area (Å²) in [5.74, 6) is 1.38. The lowest BCUT2D eigenvalue weighted by molar-refractivity contribution is 0.413. The number of hydrogen-bond acceptors (Lipinski definition) is 2. The molecule has 0 saturated carbocycles. The van der Waals surface area contributed by atoms with Gasteiger partial charge in [0.2, 0.25) is 0 Å². The highest BCUT2D eigenvalue weighted by Crippen LogP contribution is 2.28. The molecule has 1 rings (SSSR count). The molecule has 0 heterocycles. The fraction of sp³-hybridized carbons (Fsp3) is 0.538. The van der Waals surface area contributed by atoms with Crippen molar-refractivity contribution in [2.24, 2.45) is 5.92 Å². The predicted octanol–water partition coefficient (Wildman–Crippen LogP) is 4.01. The van der Waals surface area contributed by atoms with E-state index in [4.69, 9.17) is 7.48 Å². The van der Waals surface area contributed by atoms with Crippen LogP contribution in [-0.2, 0) is 6.42 Å². The Balaban J connectivity index is 3.02. The molecule has 1 nitrogen and oxygen atoms in total. The summed E-state index contributed by atoms with van der Waals surface area (Å²) < 4.78 is 20.5. The van der Waals surface area contributed by atoms with Crippen molar-refractivity contribution in [3.05, 3.63) is 23.8 Å². The normalized spacial score (nSPS) is 13.7. The average molecular weight is 225 g/mol. The zero-order valence-electron chi connectivity index (χ0n) is 11.8. The van der Waals surface area contributed by atoms with Crippen molar-refractivity contribution in [2.45, 2.75) is 32.1 Å². The Labute approximate surface area is 100 Å². The van der Waals surface area contributed by atoms with Gasteiger partial charge < -0.3 is 4.74 Å². The maximum Gasteiger partial charge on any atom is 0.119 e. The summed E-state index contributed by atoms with van der Waals surface area (Å²) in [6, 6.07) is 5.84. The van der Waals surface area contributed by atoms with Gasteiger partial charge in [-0.15, -0.1) is 11.8 Å². The molecule has 0 aliphatic heterocycles.